The monoisotopic (exact) mass is 331 g/mol. The smallest absolute Gasteiger partial charge is 0.324 e. The zero-order valence-corrected chi connectivity index (χ0v) is 13.5. The number of carboxylic acids is 1. The molecule has 116 valence electrons. The number of carbonyl (C=O) groups is 1. The van der Waals surface area contributed by atoms with Crippen molar-refractivity contribution in [2.45, 2.75) is 43.5 Å². The molecule has 1 fully saturated rings. The van der Waals surface area contributed by atoms with Gasteiger partial charge in [-0.25, -0.2) is 8.42 Å². The van der Waals surface area contributed by atoms with Gasteiger partial charge in [-0.2, -0.15) is 4.31 Å². The Balaban J connectivity index is 2.53. The van der Waals surface area contributed by atoms with Gasteiger partial charge < -0.3 is 5.11 Å². The number of aryl methyl sites for hydroxylation is 1. The zero-order chi connectivity index (χ0) is 15.8. The van der Waals surface area contributed by atoms with E-state index in [0.717, 1.165) is 9.87 Å². The Morgan fingerprint density at radius 2 is 2.05 bits per heavy atom. The summed E-state index contributed by atoms with van der Waals surface area (Å²) in [5, 5.41) is 9.57. The van der Waals surface area contributed by atoms with E-state index in [-0.39, 0.29) is 16.5 Å². The number of benzene rings is 1. The molecule has 2 rings (SSSR count). The van der Waals surface area contributed by atoms with Gasteiger partial charge >= 0.3 is 5.97 Å². The third-order valence-corrected chi connectivity index (χ3v) is 6.44. The van der Waals surface area contributed by atoms with Gasteiger partial charge in [-0.1, -0.05) is 17.7 Å². The molecule has 1 aliphatic heterocycles. The summed E-state index contributed by atoms with van der Waals surface area (Å²) >= 11 is 6.05. The predicted octanol–water partition coefficient (Wildman–Crippen LogP) is 2.67. The minimum Gasteiger partial charge on any atom is -0.480 e. The molecule has 5 nitrogen and oxygen atoms in total. The van der Waals surface area contributed by atoms with Crippen molar-refractivity contribution >= 4 is 27.6 Å². The Labute approximate surface area is 129 Å². The van der Waals surface area contributed by atoms with E-state index in [1.54, 1.807) is 12.1 Å². The largest absolute Gasteiger partial charge is 0.480 e. The van der Waals surface area contributed by atoms with Crippen LogP contribution in [0, 0.1) is 6.92 Å². The Hall–Kier alpha value is -1.11. The summed E-state index contributed by atoms with van der Waals surface area (Å²) in [5.41, 5.74) is -0.579. The molecule has 0 aromatic heterocycles. The fourth-order valence-electron chi connectivity index (χ4n) is 2.63. The maximum atomic E-state index is 12.8. The minimum absolute atomic E-state index is 0.0378. The molecule has 1 saturated heterocycles. The summed E-state index contributed by atoms with van der Waals surface area (Å²) in [6, 6.07) is 4.65. The Bertz CT molecular complexity index is 674. The summed E-state index contributed by atoms with van der Waals surface area (Å²) in [6.45, 7) is 3.45. The Kier molecular flexibility index (Phi) is 4.33. The third kappa shape index (κ3) is 2.80. The highest BCUT2D eigenvalue weighted by Crippen LogP contribution is 2.35. The number of piperidine rings is 1. The lowest BCUT2D eigenvalue weighted by atomic mass is 9.91. The van der Waals surface area contributed by atoms with E-state index in [1.165, 1.54) is 13.0 Å². The lowest BCUT2D eigenvalue weighted by molar-refractivity contribution is -0.149. The maximum Gasteiger partial charge on any atom is 0.324 e. The molecular weight excluding hydrogens is 314 g/mol. The Morgan fingerprint density at radius 3 is 2.62 bits per heavy atom. The SMILES string of the molecule is Cc1ccc(S(=O)(=O)N2CCCCC2(C)C(=O)O)c(Cl)c1. The number of sulfonamides is 1. The molecule has 1 N–H and O–H groups in total. The van der Waals surface area contributed by atoms with Crippen LogP contribution in [0.1, 0.15) is 31.7 Å². The lowest BCUT2D eigenvalue weighted by Crippen LogP contribution is -2.57. The van der Waals surface area contributed by atoms with E-state index in [0.29, 0.717) is 19.3 Å². The van der Waals surface area contributed by atoms with Gasteiger partial charge in [-0.15, -0.1) is 0 Å². The molecular formula is C14H18ClNO4S. The first-order valence-corrected chi connectivity index (χ1v) is 8.54. The summed E-state index contributed by atoms with van der Waals surface area (Å²) < 4.78 is 26.7. The normalized spacial score (nSPS) is 24.0. The van der Waals surface area contributed by atoms with E-state index < -0.39 is 21.5 Å². The molecule has 0 radical (unpaired) electrons. The molecule has 0 amide bonds. The first-order chi connectivity index (χ1) is 9.69. The first kappa shape index (κ1) is 16.3. The molecule has 0 spiro atoms. The highest BCUT2D eigenvalue weighted by Gasteiger charge is 2.48. The zero-order valence-electron chi connectivity index (χ0n) is 12.0. The van der Waals surface area contributed by atoms with Gasteiger partial charge in [0, 0.05) is 6.54 Å². The lowest BCUT2D eigenvalue weighted by Gasteiger charge is -2.40. The van der Waals surface area contributed by atoms with Gasteiger partial charge in [-0.3, -0.25) is 4.79 Å². The topological polar surface area (TPSA) is 74.7 Å². The van der Waals surface area contributed by atoms with Crippen molar-refractivity contribution in [3.05, 3.63) is 28.8 Å². The van der Waals surface area contributed by atoms with Crippen molar-refractivity contribution in [1.29, 1.82) is 0 Å². The quantitative estimate of drug-likeness (QED) is 0.924. The molecule has 1 atom stereocenters. The van der Waals surface area contributed by atoms with Crippen LogP contribution in [0.15, 0.2) is 23.1 Å². The summed E-state index contributed by atoms with van der Waals surface area (Å²) in [5.74, 6) is -1.13. The van der Waals surface area contributed by atoms with Crippen molar-refractivity contribution in [3.8, 4) is 0 Å². The van der Waals surface area contributed by atoms with Crippen LogP contribution in [0.4, 0.5) is 0 Å². The molecule has 0 saturated carbocycles. The average molecular weight is 332 g/mol. The average Bonchev–Trinajstić information content (AvgIpc) is 2.38. The fraction of sp³-hybridized carbons (Fsp3) is 0.500. The molecule has 1 unspecified atom stereocenters. The van der Waals surface area contributed by atoms with E-state index >= 15 is 0 Å². The predicted molar refractivity (Wildman–Crippen MR) is 80.0 cm³/mol. The van der Waals surface area contributed by atoms with Crippen molar-refractivity contribution in [2.75, 3.05) is 6.54 Å². The summed E-state index contributed by atoms with van der Waals surface area (Å²) in [6.07, 6.45) is 1.63. The molecule has 0 aliphatic carbocycles. The number of carboxylic acid groups (broad SMARTS) is 1. The van der Waals surface area contributed by atoms with E-state index in [2.05, 4.69) is 0 Å². The van der Waals surface area contributed by atoms with Crippen LogP contribution >= 0.6 is 11.6 Å². The number of hydrogen-bond donors (Lipinski definition) is 1. The van der Waals surface area contributed by atoms with Crippen molar-refractivity contribution in [3.63, 3.8) is 0 Å². The molecule has 1 heterocycles. The van der Waals surface area contributed by atoms with Crippen LogP contribution in [-0.4, -0.2) is 35.9 Å². The Morgan fingerprint density at radius 1 is 1.38 bits per heavy atom. The van der Waals surface area contributed by atoms with Crippen molar-refractivity contribution < 1.29 is 18.3 Å². The second-order valence-corrected chi connectivity index (χ2v) is 7.79. The summed E-state index contributed by atoms with van der Waals surface area (Å²) in [7, 11) is -3.94. The van der Waals surface area contributed by atoms with Gasteiger partial charge in [0.25, 0.3) is 0 Å². The van der Waals surface area contributed by atoms with Crippen molar-refractivity contribution in [2.24, 2.45) is 0 Å². The van der Waals surface area contributed by atoms with Crippen LogP contribution in [0.3, 0.4) is 0 Å². The highest BCUT2D eigenvalue weighted by atomic mass is 35.5. The first-order valence-electron chi connectivity index (χ1n) is 6.72. The summed E-state index contributed by atoms with van der Waals surface area (Å²) in [4.78, 5) is 11.5. The minimum atomic E-state index is -3.94. The third-order valence-electron chi connectivity index (χ3n) is 3.94. The molecule has 1 aromatic carbocycles. The van der Waals surface area contributed by atoms with Crippen molar-refractivity contribution in [1.82, 2.24) is 4.31 Å². The maximum absolute atomic E-state index is 12.8. The van der Waals surface area contributed by atoms with Crippen LogP contribution in [0.5, 0.6) is 0 Å². The number of rotatable bonds is 3. The second-order valence-electron chi connectivity index (χ2n) is 5.55. The standard InChI is InChI=1S/C14H18ClNO4S/c1-10-5-6-12(11(15)9-10)21(19,20)16-8-4-3-7-14(16,2)13(17)18/h5-6,9H,3-4,7-8H2,1-2H3,(H,17,18). The number of halogens is 1. The second kappa shape index (κ2) is 5.59. The number of nitrogens with zero attached hydrogens (tertiary/aromatic N) is 1. The van der Waals surface area contributed by atoms with Gasteiger partial charge in [-0.05, 0) is 50.8 Å². The number of aliphatic carboxylic acids is 1. The van der Waals surface area contributed by atoms with E-state index in [9.17, 15) is 18.3 Å². The fourth-order valence-corrected chi connectivity index (χ4v) is 5.01. The van der Waals surface area contributed by atoms with E-state index in [4.69, 9.17) is 11.6 Å². The van der Waals surface area contributed by atoms with Gasteiger partial charge in [0.1, 0.15) is 10.4 Å². The van der Waals surface area contributed by atoms with Crippen LogP contribution in [0.2, 0.25) is 5.02 Å². The number of hydrogen-bond acceptors (Lipinski definition) is 3. The van der Waals surface area contributed by atoms with Crippen LogP contribution in [0.25, 0.3) is 0 Å². The van der Waals surface area contributed by atoms with Gasteiger partial charge in [0.05, 0.1) is 5.02 Å². The van der Waals surface area contributed by atoms with Crippen LogP contribution in [-0.2, 0) is 14.8 Å². The molecule has 7 heteroatoms. The highest BCUT2D eigenvalue weighted by molar-refractivity contribution is 7.89. The molecule has 1 aromatic rings. The van der Waals surface area contributed by atoms with Gasteiger partial charge in [0.15, 0.2) is 0 Å². The van der Waals surface area contributed by atoms with Crippen LogP contribution < -0.4 is 0 Å². The molecule has 0 bridgehead atoms. The molecule has 21 heavy (non-hydrogen) atoms. The van der Waals surface area contributed by atoms with E-state index in [1.807, 2.05) is 6.92 Å². The molecule has 1 aliphatic rings. The van der Waals surface area contributed by atoms with Gasteiger partial charge in [0.2, 0.25) is 10.0 Å².